The molecule has 0 fully saturated rings. The molecule has 0 aliphatic carbocycles. The van der Waals surface area contributed by atoms with Crippen molar-refractivity contribution in [3.63, 3.8) is 0 Å². The van der Waals surface area contributed by atoms with Crippen molar-refractivity contribution in [2.24, 2.45) is 0 Å². The van der Waals surface area contributed by atoms with Gasteiger partial charge in [-0.15, -0.1) is 11.8 Å². The molecule has 0 saturated carbocycles. The van der Waals surface area contributed by atoms with E-state index in [1.165, 1.54) is 24.3 Å². The van der Waals surface area contributed by atoms with Crippen LogP contribution < -0.4 is 10.6 Å². The maximum absolute atomic E-state index is 13.2. The van der Waals surface area contributed by atoms with Gasteiger partial charge in [-0.3, -0.25) is 14.5 Å². The number of carbonyl (C=O) groups is 2. The lowest BCUT2D eigenvalue weighted by atomic mass is 10.0. The predicted molar refractivity (Wildman–Crippen MR) is 124 cm³/mol. The number of carbonyl (C=O) groups excluding carboxylic acids is 2. The number of hydrogen-bond donors (Lipinski definition) is 2. The molecule has 0 unspecified atom stereocenters. The highest BCUT2D eigenvalue weighted by Crippen LogP contribution is 2.25. The Morgan fingerprint density at radius 1 is 0.935 bits per heavy atom. The Morgan fingerprint density at radius 2 is 1.58 bits per heavy atom. The molecule has 2 N–H and O–H groups in total. The summed E-state index contributed by atoms with van der Waals surface area (Å²) in [6, 6.07) is 21.7. The second-order valence-corrected chi connectivity index (χ2v) is 7.82. The first-order chi connectivity index (χ1) is 15.0. The topological polar surface area (TPSA) is 61.4 Å². The average molecular weight is 438 g/mol. The number of amides is 2. The molecule has 160 valence electrons. The number of nitrogens with zero attached hydrogens (tertiary/aromatic N) is 1. The minimum absolute atomic E-state index is 0.0130. The Labute approximate surface area is 185 Å². The molecule has 31 heavy (non-hydrogen) atoms. The number of anilines is 2. The van der Waals surface area contributed by atoms with Crippen LogP contribution in [0.4, 0.5) is 15.8 Å². The smallest absolute Gasteiger partial charge is 0.246 e. The zero-order valence-electron chi connectivity index (χ0n) is 17.3. The third kappa shape index (κ3) is 6.16. The van der Waals surface area contributed by atoms with Gasteiger partial charge in [-0.05, 0) is 55.3 Å². The van der Waals surface area contributed by atoms with Crippen LogP contribution in [0.5, 0.6) is 0 Å². The summed E-state index contributed by atoms with van der Waals surface area (Å²) in [5.41, 5.74) is 1.97. The Balaban J connectivity index is 1.76. The van der Waals surface area contributed by atoms with Crippen molar-refractivity contribution in [1.29, 1.82) is 0 Å². The minimum Gasteiger partial charge on any atom is -0.324 e. The fourth-order valence-corrected chi connectivity index (χ4v) is 3.79. The van der Waals surface area contributed by atoms with E-state index < -0.39 is 6.04 Å². The van der Waals surface area contributed by atoms with Crippen LogP contribution in [-0.4, -0.2) is 36.6 Å². The molecule has 0 bridgehead atoms. The van der Waals surface area contributed by atoms with Crippen LogP contribution in [0, 0.1) is 5.82 Å². The van der Waals surface area contributed by atoms with E-state index in [2.05, 4.69) is 10.6 Å². The summed E-state index contributed by atoms with van der Waals surface area (Å²) in [5, 5.41) is 5.73. The molecule has 0 aliphatic heterocycles. The first-order valence-corrected chi connectivity index (χ1v) is 10.9. The van der Waals surface area contributed by atoms with Crippen molar-refractivity contribution in [2.45, 2.75) is 10.9 Å². The summed E-state index contributed by atoms with van der Waals surface area (Å²) in [7, 11) is 1.72. The van der Waals surface area contributed by atoms with Gasteiger partial charge in [0.05, 0.1) is 12.2 Å². The monoisotopic (exact) mass is 437 g/mol. The molecule has 0 saturated heterocycles. The van der Waals surface area contributed by atoms with Gasteiger partial charge in [0, 0.05) is 10.6 Å². The predicted octanol–water partition coefficient (Wildman–Crippen LogP) is 4.80. The van der Waals surface area contributed by atoms with E-state index in [4.69, 9.17) is 0 Å². The quantitative estimate of drug-likeness (QED) is 0.497. The number of nitrogens with one attached hydrogen (secondary N) is 2. The molecule has 0 heterocycles. The molecule has 0 aliphatic rings. The number of para-hydroxylation sites is 1. The van der Waals surface area contributed by atoms with Crippen molar-refractivity contribution in [1.82, 2.24) is 4.90 Å². The molecule has 0 spiro atoms. The normalized spacial score (nSPS) is 11.7. The first-order valence-electron chi connectivity index (χ1n) is 9.72. The van der Waals surface area contributed by atoms with Crippen molar-refractivity contribution in [2.75, 3.05) is 30.5 Å². The van der Waals surface area contributed by atoms with Crippen molar-refractivity contribution in [3.8, 4) is 0 Å². The van der Waals surface area contributed by atoms with Crippen LogP contribution in [0.3, 0.4) is 0 Å². The third-order valence-corrected chi connectivity index (χ3v) is 5.49. The van der Waals surface area contributed by atoms with Gasteiger partial charge in [0.15, 0.2) is 0 Å². The highest BCUT2D eigenvalue weighted by atomic mass is 32.2. The van der Waals surface area contributed by atoms with Crippen LogP contribution >= 0.6 is 11.8 Å². The molecule has 0 aromatic heterocycles. The first kappa shape index (κ1) is 22.5. The van der Waals surface area contributed by atoms with Crippen molar-refractivity contribution in [3.05, 3.63) is 90.2 Å². The number of hydrogen-bond acceptors (Lipinski definition) is 4. The van der Waals surface area contributed by atoms with E-state index in [1.54, 1.807) is 23.7 Å². The summed E-state index contributed by atoms with van der Waals surface area (Å²) in [5.74, 6) is -0.908. The fourth-order valence-electron chi connectivity index (χ4n) is 3.24. The average Bonchev–Trinajstić information content (AvgIpc) is 2.76. The van der Waals surface area contributed by atoms with Gasteiger partial charge in [-0.25, -0.2) is 4.39 Å². The van der Waals surface area contributed by atoms with Gasteiger partial charge in [-0.2, -0.15) is 0 Å². The lowest BCUT2D eigenvalue weighted by Gasteiger charge is -2.27. The number of thioether (sulfide) groups is 1. The van der Waals surface area contributed by atoms with Crippen LogP contribution in [0.2, 0.25) is 0 Å². The SMILES string of the molecule is CSc1ccccc1NC(=O)CN(C)[C@H](C(=O)Nc1ccc(F)cc1)c1ccccc1. The van der Waals surface area contributed by atoms with Gasteiger partial charge >= 0.3 is 0 Å². The summed E-state index contributed by atoms with van der Waals surface area (Å²) in [6.45, 7) is 0.0130. The van der Waals surface area contributed by atoms with Gasteiger partial charge in [0.25, 0.3) is 0 Å². The van der Waals surface area contributed by atoms with Crippen LogP contribution in [-0.2, 0) is 9.59 Å². The molecule has 3 aromatic rings. The Hall–Kier alpha value is -3.16. The Morgan fingerprint density at radius 3 is 2.26 bits per heavy atom. The standard InChI is InChI=1S/C24H24FN3O2S/c1-28(16-22(29)27-20-10-6-7-11-21(20)31-2)23(17-8-4-3-5-9-17)24(30)26-19-14-12-18(25)13-15-19/h3-15,23H,16H2,1-2H3,(H,26,30)(H,27,29)/t23-/m0/s1. The molecule has 3 rings (SSSR count). The van der Waals surface area contributed by atoms with Gasteiger partial charge in [0.2, 0.25) is 11.8 Å². The van der Waals surface area contributed by atoms with Crippen LogP contribution in [0.15, 0.2) is 83.8 Å². The Bertz CT molecular complexity index is 1030. The summed E-state index contributed by atoms with van der Waals surface area (Å²) < 4.78 is 13.2. The van der Waals surface area contributed by atoms with Gasteiger partial charge in [-0.1, -0.05) is 42.5 Å². The zero-order chi connectivity index (χ0) is 22.2. The molecule has 5 nitrogen and oxygen atoms in total. The fraction of sp³-hybridized carbons (Fsp3) is 0.167. The maximum Gasteiger partial charge on any atom is 0.246 e. The maximum atomic E-state index is 13.2. The second-order valence-electron chi connectivity index (χ2n) is 6.97. The third-order valence-electron chi connectivity index (χ3n) is 4.69. The number of rotatable bonds is 8. The molecule has 2 amide bonds. The molecule has 3 aromatic carbocycles. The summed E-state index contributed by atoms with van der Waals surface area (Å²) in [4.78, 5) is 28.5. The van der Waals surface area contributed by atoms with Crippen LogP contribution in [0.1, 0.15) is 11.6 Å². The lowest BCUT2D eigenvalue weighted by Crippen LogP contribution is -2.39. The molecule has 7 heteroatoms. The van der Waals surface area contributed by atoms with Gasteiger partial charge < -0.3 is 10.6 Å². The molecule has 0 radical (unpaired) electrons. The summed E-state index contributed by atoms with van der Waals surface area (Å²) in [6.07, 6.45) is 1.95. The largest absolute Gasteiger partial charge is 0.324 e. The molecular formula is C24H24FN3O2S. The lowest BCUT2D eigenvalue weighted by molar-refractivity contribution is -0.123. The number of halogens is 1. The Kier molecular flexibility index (Phi) is 7.81. The van der Waals surface area contributed by atoms with Crippen molar-refractivity contribution < 1.29 is 14.0 Å². The van der Waals surface area contributed by atoms with E-state index in [9.17, 15) is 14.0 Å². The van der Waals surface area contributed by atoms with Crippen LogP contribution in [0.25, 0.3) is 0 Å². The number of likely N-dealkylation sites (N-methyl/N-ethyl adjacent to an activating group) is 1. The number of benzene rings is 3. The molecular weight excluding hydrogens is 413 g/mol. The van der Waals surface area contributed by atoms with E-state index in [-0.39, 0.29) is 24.2 Å². The minimum atomic E-state index is -0.701. The van der Waals surface area contributed by atoms with E-state index in [0.717, 1.165) is 16.1 Å². The van der Waals surface area contributed by atoms with E-state index in [0.29, 0.717) is 5.69 Å². The highest BCUT2D eigenvalue weighted by molar-refractivity contribution is 7.98. The highest BCUT2D eigenvalue weighted by Gasteiger charge is 2.27. The van der Waals surface area contributed by atoms with Gasteiger partial charge in [0.1, 0.15) is 11.9 Å². The molecule has 1 atom stereocenters. The zero-order valence-corrected chi connectivity index (χ0v) is 18.2. The van der Waals surface area contributed by atoms with E-state index >= 15 is 0 Å². The van der Waals surface area contributed by atoms with Crippen molar-refractivity contribution >= 4 is 35.0 Å². The summed E-state index contributed by atoms with van der Waals surface area (Å²) >= 11 is 1.55. The second kappa shape index (κ2) is 10.7. The van der Waals surface area contributed by atoms with E-state index in [1.807, 2.05) is 60.9 Å².